The number of aryl methyl sites for hydroxylation is 1. The minimum absolute atomic E-state index is 0.0871. The minimum atomic E-state index is -2.09. The molecule has 11 heteroatoms. The summed E-state index contributed by atoms with van der Waals surface area (Å²) in [6, 6.07) is -2.05. The Balaban J connectivity index is 1.93. The zero-order valence-corrected chi connectivity index (χ0v) is 14.2. The Hall–Kier alpha value is -2.34. The predicted molar refractivity (Wildman–Crippen MR) is 84.7 cm³/mol. The fraction of sp³-hybridized carbons (Fsp3) is 0.600. The van der Waals surface area contributed by atoms with Gasteiger partial charge in [0.15, 0.2) is 5.60 Å². The van der Waals surface area contributed by atoms with Gasteiger partial charge in [-0.1, -0.05) is 0 Å². The Labute approximate surface area is 147 Å². The summed E-state index contributed by atoms with van der Waals surface area (Å²) >= 11 is 0. The van der Waals surface area contributed by atoms with E-state index in [0.717, 1.165) is 0 Å². The zero-order valence-electron chi connectivity index (χ0n) is 14.2. The fourth-order valence-corrected chi connectivity index (χ4v) is 3.22. The molecule has 2 fully saturated rings. The first kappa shape index (κ1) is 18.5. The van der Waals surface area contributed by atoms with Gasteiger partial charge in [0.05, 0.1) is 12.7 Å². The number of carbonyl (C=O) groups is 2. The molecule has 3 amide bonds. The number of rotatable bonds is 3. The monoisotopic (exact) mass is 368 g/mol. The van der Waals surface area contributed by atoms with Crippen molar-refractivity contribution in [3.63, 3.8) is 0 Å². The van der Waals surface area contributed by atoms with Gasteiger partial charge in [0.1, 0.15) is 18.4 Å². The Kier molecular flexibility index (Phi) is 4.56. The number of aliphatic hydroxyl groups excluding tert-OH is 2. The maximum absolute atomic E-state index is 12.8. The Morgan fingerprint density at radius 2 is 2.12 bits per heavy atom. The van der Waals surface area contributed by atoms with Crippen LogP contribution in [0.2, 0.25) is 0 Å². The number of aliphatic hydroxyl groups is 3. The van der Waals surface area contributed by atoms with Crippen LogP contribution in [0.4, 0.5) is 4.79 Å². The molecule has 5 atom stereocenters. The summed E-state index contributed by atoms with van der Waals surface area (Å²) in [5, 5.41) is 32.3. The van der Waals surface area contributed by atoms with Gasteiger partial charge in [-0.3, -0.25) is 4.79 Å². The smallest absolute Gasteiger partial charge is 0.345 e. The fourth-order valence-electron chi connectivity index (χ4n) is 3.22. The van der Waals surface area contributed by atoms with Gasteiger partial charge in [0, 0.05) is 18.3 Å². The molecule has 1 aromatic heterocycles. The van der Waals surface area contributed by atoms with Gasteiger partial charge in [-0.25, -0.2) is 19.5 Å². The second-order valence-corrected chi connectivity index (χ2v) is 6.61. The molecule has 1 unspecified atom stereocenters. The highest BCUT2D eigenvalue weighted by molar-refractivity contribution is 6.02. The predicted octanol–water partition coefficient (Wildman–Crippen LogP) is -2.11. The van der Waals surface area contributed by atoms with E-state index in [-0.39, 0.29) is 12.1 Å². The first-order valence-corrected chi connectivity index (χ1v) is 8.03. The van der Waals surface area contributed by atoms with Crippen LogP contribution in [0.25, 0.3) is 0 Å². The Morgan fingerprint density at radius 1 is 1.42 bits per heavy atom. The molecule has 11 nitrogen and oxygen atoms in total. The van der Waals surface area contributed by atoms with Crippen LogP contribution in [0.15, 0.2) is 11.0 Å². The molecule has 0 bridgehead atoms. The van der Waals surface area contributed by atoms with Crippen molar-refractivity contribution in [2.45, 2.75) is 50.3 Å². The van der Waals surface area contributed by atoms with E-state index in [1.54, 1.807) is 6.92 Å². The summed E-state index contributed by atoms with van der Waals surface area (Å²) in [6.07, 6.45) is -1.92. The largest absolute Gasteiger partial charge is 0.394 e. The van der Waals surface area contributed by atoms with Crippen molar-refractivity contribution in [2.75, 3.05) is 6.61 Å². The highest BCUT2D eigenvalue weighted by Crippen LogP contribution is 2.35. The van der Waals surface area contributed by atoms with E-state index in [2.05, 4.69) is 15.3 Å². The van der Waals surface area contributed by atoms with Gasteiger partial charge in [-0.15, -0.1) is 0 Å². The molecular formula is C15H20N4O7. The molecule has 26 heavy (non-hydrogen) atoms. The normalized spacial score (nSPS) is 34.9. The van der Waals surface area contributed by atoms with Crippen LogP contribution in [0.3, 0.4) is 0 Å². The van der Waals surface area contributed by atoms with Gasteiger partial charge >= 0.3 is 11.7 Å². The van der Waals surface area contributed by atoms with Gasteiger partial charge in [0.2, 0.25) is 0 Å². The number of aromatic nitrogens is 2. The summed E-state index contributed by atoms with van der Waals surface area (Å²) < 4.78 is 5.35. The average Bonchev–Trinajstić information content (AvgIpc) is 2.94. The lowest BCUT2D eigenvalue weighted by Gasteiger charge is -2.43. The first-order valence-electron chi connectivity index (χ1n) is 8.03. The summed E-state index contributed by atoms with van der Waals surface area (Å²) in [5.74, 6) is -0.945. The maximum atomic E-state index is 12.8. The topological polar surface area (TPSA) is 165 Å². The van der Waals surface area contributed by atoms with Crippen LogP contribution in [0.1, 0.15) is 30.6 Å². The molecule has 0 spiro atoms. The van der Waals surface area contributed by atoms with Crippen LogP contribution in [0, 0.1) is 6.92 Å². The average molecular weight is 368 g/mol. The maximum Gasteiger partial charge on any atom is 0.345 e. The molecule has 2 aliphatic rings. The molecule has 1 aromatic rings. The molecule has 5 N–H and O–H groups in total. The lowest BCUT2D eigenvalue weighted by atomic mass is 9.88. The number of ether oxygens (including phenoxy) is 1. The number of hydrogen-bond acceptors (Lipinski definition) is 8. The highest BCUT2D eigenvalue weighted by atomic mass is 16.5. The number of H-pyrrole nitrogens is 1. The quantitative estimate of drug-likeness (QED) is 0.404. The zero-order chi connectivity index (χ0) is 19.2. The standard InChI is InChI=1S/C15H20N4O7/c1-6-4-16-13(23)17-10(6)11-15(2,25)12(22)19(14(24)18-11)9-3-7(21)8(5-20)26-9/h4,7-9,11,20-21,25H,3,5H2,1-2H3,(H,18,24)(H,16,17,23)/t7-,8+,9-,11?,15+/m0/s1. The molecule has 0 saturated carbocycles. The van der Waals surface area contributed by atoms with E-state index in [4.69, 9.17) is 9.84 Å². The Morgan fingerprint density at radius 3 is 2.73 bits per heavy atom. The minimum Gasteiger partial charge on any atom is -0.394 e. The third-order valence-corrected chi connectivity index (χ3v) is 4.70. The number of carbonyl (C=O) groups excluding carboxylic acids is 2. The van der Waals surface area contributed by atoms with Crippen molar-refractivity contribution in [3.05, 3.63) is 27.9 Å². The SMILES string of the molecule is Cc1cnc(=O)[nH]c1C1NC(=O)N([C@@H]2C[C@H](O)[C@@H](CO)O2)C(=O)[C@]1(C)O. The van der Waals surface area contributed by atoms with E-state index in [0.29, 0.717) is 10.5 Å². The molecule has 2 aliphatic heterocycles. The van der Waals surface area contributed by atoms with Crippen molar-refractivity contribution in [1.82, 2.24) is 20.2 Å². The third-order valence-electron chi connectivity index (χ3n) is 4.70. The molecule has 0 aromatic carbocycles. The number of urea groups is 1. The van der Waals surface area contributed by atoms with Crippen molar-refractivity contribution >= 4 is 11.9 Å². The molecule has 0 radical (unpaired) electrons. The van der Waals surface area contributed by atoms with Crippen molar-refractivity contribution in [3.8, 4) is 0 Å². The van der Waals surface area contributed by atoms with E-state index < -0.39 is 54.3 Å². The van der Waals surface area contributed by atoms with Crippen molar-refractivity contribution < 1.29 is 29.6 Å². The molecule has 0 aliphatic carbocycles. The molecule has 3 rings (SSSR count). The molecular weight excluding hydrogens is 348 g/mol. The van der Waals surface area contributed by atoms with Gasteiger partial charge in [-0.2, -0.15) is 0 Å². The summed E-state index contributed by atoms with van der Waals surface area (Å²) in [6.45, 7) is 2.34. The first-order chi connectivity index (χ1) is 12.2. The van der Waals surface area contributed by atoms with E-state index in [9.17, 15) is 24.6 Å². The summed E-state index contributed by atoms with van der Waals surface area (Å²) in [7, 11) is 0. The van der Waals surface area contributed by atoms with E-state index in [1.807, 2.05) is 0 Å². The van der Waals surface area contributed by atoms with Gasteiger partial charge in [-0.05, 0) is 19.4 Å². The van der Waals surface area contributed by atoms with Crippen molar-refractivity contribution in [1.29, 1.82) is 0 Å². The van der Waals surface area contributed by atoms with E-state index >= 15 is 0 Å². The highest BCUT2D eigenvalue weighted by Gasteiger charge is 2.54. The number of nitrogens with one attached hydrogen (secondary N) is 2. The molecule has 2 saturated heterocycles. The number of amides is 3. The second kappa shape index (κ2) is 6.43. The second-order valence-electron chi connectivity index (χ2n) is 6.61. The number of nitrogens with zero attached hydrogens (tertiary/aromatic N) is 2. The van der Waals surface area contributed by atoms with Crippen LogP contribution in [-0.4, -0.2) is 72.8 Å². The van der Waals surface area contributed by atoms with Crippen LogP contribution < -0.4 is 11.0 Å². The Bertz CT molecular complexity index is 792. The summed E-state index contributed by atoms with van der Waals surface area (Å²) in [4.78, 5) is 43.5. The van der Waals surface area contributed by atoms with Gasteiger partial charge < -0.3 is 30.4 Å². The number of hydrogen-bond donors (Lipinski definition) is 5. The lowest BCUT2D eigenvalue weighted by molar-refractivity contribution is -0.165. The molecule has 3 heterocycles. The van der Waals surface area contributed by atoms with E-state index in [1.165, 1.54) is 13.1 Å². The lowest BCUT2D eigenvalue weighted by Crippen LogP contribution is -2.67. The van der Waals surface area contributed by atoms with Crippen LogP contribution in [0.5, 0.6) is 0 Å². The summed E-state index contributed by atoms with van der Waals surface area (Å²) in [5.41, 5.74) is -2.13. The van der Waals surface area contributed by atoms with Crippen LogP contribution in [-0.2, 0) is 9.53 Å². The number of imide groups is 1. The van der Waals surface area contributed by atoms with Gasteiger partial charge in [0.25, 0.3) is 5.91 Å². The third kappa shape index (κ3) is 2.88. The molecule has 142 valence electrons. The number of aromatic amines is 1. The van der Waals surface area contributed by atoms with Crippen molar-refractivity contribution in [2.24, 2.45) is 0 Å². The van der Waals surface area contributed by atoms with Crippen LogP contribution >= 0.6 is 0 Å².